The van der Waals surface area contributed by atoms with Gasteiger partial charge in [-0.3, -0.25) is 4.68 Å². The molecule has 22 heavy (non-hydrogen) atoms. The fourth-order valence-corrected chi connectivity index (χ4v) is 2.25. The molecular formula is C16H16N6. The maximum Gasteiger partial charge on any atom is 0.152 e. The molecule has 0 bridgehead atoms. The van der Waals surface area contributed by atoms with E-state index in [2.05, 4.69) is 21.5 Å². The SMILES string of the molecule is Cc1cn(-c2ccc(Nc3cc(C)n(C)n3)cc2C#N)cn1. The van der Waals surface area contributed by atoms with Crippen molar-refractivity contribution < 1.29 is 0 Å². The summed E-state index contributed by atoms with van der Waals surface area (Å²) in [5.74, 6) is 0.759. The summed E-state index contributed by atoms with van der Waals surface area (Å²) in [6, 6.07) is 9.83. The molecule has 3 aromatic rings. The van der Waals surface area contributed by atoms with Crippen molar-refractivity contribution >= 4 is 11.5 Å². The second-order valence-corrected chi connectivity index (χ2v) is 5.19. The molecule has 0 fully saturated rings. The van der Waals surface area contributed by atoms with Crippen LogP contribution in [0.2, 0.25) is 0 Å². The summed E-state index contributed by atoms with van der Waals surface area (Å²) >= 11 is 0. The van der Waals surface area contributed by atoms with Crippen molar-refractivity contribution in [2.45, 2.75) is 13.8 Å². The van der Waals surface area contributed by atoms with Gasteiger partial charge in [0.25, 0.3) is 0 Å². The average molecular weight is 292 g/mol. The first-order chi connectivity index (χ1) is 10.6. The van der Waals surface area contributed by atoms with Crippen LogP contribution in [0.4, 0.5) is 11.5 Å². The highest BCUT2D eigenvalue weighted by atomic mass is 15.3. The zero-order valence-corrected chi connectivity index (χ0v) is 12.7. The first-order valence-electron chi connectivity index (χ1n) is 6.89. The molecule has 0 saturated heterocycles. The maximum atomic E-state index is 9.39. The van der Waals surface area contributed by atoms with Crippen LogP contribution >= 0.6 is 0 Å². The molecular weight excluding hydrogens is 276 g/mol. The largest absolute Gasteiger partial charge is 0.339 e. The van der Waals surface area contributed by atoms with Gasteiger partial charge in [0.15, 0.2) is 5.82 Å². The number of imidazole rings is 1. The Bertz CT molecular complexity index is 846. The van der Waals surface area contributed by atoms with E-state index in [0.29, 0.717) is 5.56 Å². The molecule has 2 aromatic heterocycles. The topological polar surface area (TPSA) is 71.5 Å². The summed E-state index contributed by atoms with van der Waals surface area (Å²) in [4.78, 5) is 4.20. The molecule has 3 rings (SSSR count). The fourth-order valence-electron chi connectivity index (χ4n) is 2.25. The van der Waals surface area contributed by atoms with Gasteiger partial charge in [-0.25, -0.2) is 4.98 Å². The number of aryl methyl sites for hydroxylation is 3. The molecule has 0 radical (unpaired) electrons. The molecule has 110 valence electrons. The van der Waals surface area contributed by atoms with Gasteiger partial charge in [0.05, 0.1) is 23.3 Å². The number of nitriles is 1. The Hall–Kier alpha value is -3.07. The number of aromatic nitrogens is 4. The Morgan fingerprint density at radius 3 is 2.64 bits per heavy atom. The average Bonchev–Trinajstić information content (AvgIpc) is 3.05. The molecule has 1 N–H and O–H groups in total. The van der Waals surface area contributed by atoms with Crippen LogP contribution in [0, 0.1) is 25.2 Å². The van der Waals surface area contributed by atoms with Crippen LogP contribution in [0.3, 0.4) is 0 Å². The van der Waals surface area contributed by atoms with Crippen molar-refractivity contribution in [3.63, 3.8) is 0 Å². The molecule has 0 atom stereocenters. The predicted molar refractivity (Wildman–Crippen MR) is 84.2 cm³/mol. The van der Waals surface area contributed by atoms with Gasteiger partial charge in [-0.15, -0.1) is 0 Å². The van der Waals surface area contributed by atoms with Crippen LogP contribution in [-0.4, -0.2) is 19.3 Å². The smallest absolute Gasteiger partial charge is 0.152 e. The van der Waals surface area contributed by atoms with Gasteiger partial charge in [-0.05, 0) is 32.0 Å². The normalized spacial score (nSPS) is 10.5. The number of rotatable bonds is 3. The second kappa shape index (κ2) is 5.37. The quantitative estimate of drug-likeness (QED) is 0.805. The lowest BCUT2D eigenvalue weighted by Gasteiger charge is -2.08. The minimum atomic E-state index is 0.579. The van der Waals surface area contributed by atoms with Crippen LogP contribution in [-0.2, 0) is 7.05 Å². The molecule has 0 amide bonds. The molecule has 0 saturated carbocycles. The van der Waals surface area contributed by atoms with Crippen LogP contribution in [0.5, 0.6) is 0 Å². The highest BCUT2D eigenvalue weighted by molar-refractivity contribution is 5.63. The van der Waals surface area contributed by atoms with Crippen molar-refractivity contribution in [3.8, 4) is 11.8 Å². The number of hydrogen-bond donors (Lipinski definition) is 1. The van der Waals surface area contributed by atoms with Crippen molar-refractivity contribution in [2.24, 2.45) is 7.05 Å². The molecule has 0 aliphatic heterocycles. The van der Waals surface area contributed by atoms with E-state index in [4.69, 9.17) is 0 Å². The lowest BCUT2D eigenvalue weighted by atomic mass is 10.1. The summed E-state index contributed by atoms with van der Waals surface area (Å²) in [5.41, 5.74) is 4.19. The standard InChI is InChI=1S/C16H16N6/c1-11-9-22(10-18-11)15-5-4-14(7-13(15)8-17)19-16-6-12(2)21(3)20-16/h4-7,9-10H,1-3H3,(H,19,20). The van der Waals surface area contributed by atoms with Gasteiger partial charge >= 0.3 is 0 Å². The van der Waals surface area contributed by atoms with Crippen molar-refractivity contribution in [2.75, 3.05) is 5.32 Å². The molecule has 0 aliphatic carbocycles. The summed E-state index contributed by atoms with van der Waals surface area (Å²) in [7, 11) is 1.89. The van der Waals surface area contributed by atoms with E-state index in [9.17, 15) is 5.26 Å². The van der Waals surface area contributed by atoms with Crippen LogP contribution in [0.25, 0.3) is 5.69 Å². The Kier molecular flexibility index (Phi) is 3.39. The number of benzene rings is 1. The monoisotopic (exact) mass is 292 g/mol. The van der Waals surface area contributed by atoms with Crippen LogP contribution in [0.15, 0.2) is 36.8 Å². The first-order valence-corrected chi connectivity index (χ1v) is 6.89. The number of hydrogen-bond acceptors (Lipinski definition) is 4. The molecule has 0 spiro atoms. The van der Waals surface area contributed by atoms with E-state index in [0.717, 1.165) is 28.6 Å². The van der Waals surface area contributed by atoms with Gasteiger partial charge in [-0.1, -0.05) is 0 Å². The van der Waals surface area contributed by atoms with E-state index in [1.807, 2.05) is 55.9 Å². The van der Waals surface area contributed by atoms with Gasteiger partial charge < -0.3 is 9.88 Å². The lowest BCUT2D eigenvalue weighted by molar-refractivity contribution is 0.743. The Labute approximate surface area is 128 Å². The number of nitrogens with zero attached hydrogens (tertiary/aromatic N) is 5. The number of anilines is 2. The third-order valence-corrected chi connectivity index (χ3v) is 3.49. The highest BCUT2D eigenvalue weighted by Crippen LogP contribution is 2.22. The summed E-state index contributed by atoms with van der Waals surface area (Å²) in [5, 5.41) is 17.0. The van der Waals surface area contributed by atoms with E-state index in [1.54, 1.807) is 11.0 Å². The van der Waals surface area contributed by atoms with Crippen LogP contribution in [0.1, 0.15) is 17.0 Å². The van der Waals surface area contributed by atoms with Gasteiger partial charge in [0.2, 0.25) is 0 Å². The Balaban J connectivity index is 1.93. The molecule has 2 heterocycles. The molecule has 0 aliphatic rings. The maximum absolute atomic E-state index is 9.39. The molecule has 1 aromatic carbocycles. The predicted octanol–water partition coefficient (Wildman–Crippen LogP) is 2.84. The van der Waals surface area contributed by atoms with Gasteiger partial charge in [-0.2, -0.15) is 10.4 Å². The third kappa shape index (κ3) is 2.56. The molecule has 6 nitrogen and oxygen atoms in total. The van der Waals surface area contributed by atoms with E-state index >= 15 is 0 Å². The third-order valence-electron chi connectivity index (χ3n) is 3.49. The van der Waals surface area contributed by atoms with Crippen LogP contribution < -0.4 is 5.32 Å². The zero-order chi connectivity index (χ0) is 15.7. The zero-order valence-electron chi connectivity index (χ0n) is 12.7. The van der Waals surface area contributed by atoms with E-state index in [-0.39, 0.29) is 0 Å². The lowest BCUT2D eigenvalue weighted by Crippen LogP contribution is -1.98. The second-order valence-electron chi connectivity index (χ2n) is 5.19. The molecule has 6 heteroatoms. The summed E-state index contributed by atoms with van der Waals surface area (Å²) in [6.07, 6.45) is 3.60. The first kappa shape index (κ1) is 13.9. The Morgan fingerprint density at radius 2 is 2.05 bits per heavy atom. The summed E-state index contributed by atoms with van der Waals surface area (Å²) < 4.78 is 3.65. The summed E-state index contributed by atoms with van der Waals surface area (Å²) in [6.45, 7) is 3.91. The highest BCUT2D eigenvalue weighted by Gasteiger charge is 2.08. The van der Waals surface area contributed by atoms with Crippen molar-refractivity contribution in [1.82, 2.24) is 19.3 Å². The van der Waals surface area contributed by atoms with Crippen molar-refractivity contribution in [3.05, 3.63) is 53.7 Å². The van der Waals surface area contributed by atoms with Gasteiger partial charge in [0.1, 0.15) is 6.07 Å². The van der Waals surface area contributed by atoms with Crippen molar-refractivity contribution in [1.29, 1.82) is 5.26 Å². The number of nitrogens with one attached hydrogen (secondary N) is 1. The molecule has 0 unspecified atom stereocenters. The minimum Gasteiger partial charge on any atom is -0.339 e. The van der Waals surface area contributed by atoms with E-state index in [1.165, 1.54) is 0 Å². The minimum absolute atomic E-state index is 0.579. The van der Waals surface area contributed by atoms with E-state index < -0.39 is 0 Å². The Morgan fingerprint density at radius 1 is 1.23 bits per heavy atom. The van der Waals surface area contributed by atoms with Gasteiger partial charge in [0, 0.05) is 30.7 Å². The fraction of sp³-hybridized carbons (Fsp3) is 0.188.